The van der Waals surface area contributed by atoms with E-state index in [4.69, 9.17) is 5.73 Å². The summed E-state index contributed by atoms with van der Waals surface area (Å²) in [5, 5.41) is 0. The minimum atomic E-state index is 0.305. The van der Waals surface area contributed by atoms with Crippen molar-refractivity contribution in [2.24, 2.45) is 11.7 Å². The number of carbonyl (C=O) groups excluding carboxylic acids is 1. The van der Waals surface area contributed by atoms with Crippen LogP contribution in [0.25, 0.3) is 0 Å². The first-order chi connectivity index (χ1) is 8.69. The van der Waals surface area contributed by atoms with Crippen molar-refractivity contribution in [3.8, 4) is 0 Å². The zero-order valence-corrected chi connectivity index (χ0v) is 11.6. The van der Waals surface area contributed by atoms with Gasteiger partial charge in [0.2, 0.25) is 5.91 Å². The molecule has 0 aromatic rings. The Hall–Kier alpha value is -0.610. The van der Waals surface area contributed by atoms with E-state index in [0.29, 0.717) is 18.5 Å². The Kier molecular flexibility index (Phi) is 5.01. The summed E-state index contributed by atoms with van der Waals surface area (Å²) >= 11 is 0. The minimum absolute atomic E-state index is 0.305. The van der Waals surface area contributed by atoms with Crippen LogP contribution in [0.4, 0.5) is 0 Å². The Balaban J connectivity index is 1.74. The highest BCUT2D eigenvalue weighted by molar-refractivity contribution is 5.78. The second kappa shape index (κ2) is 6.53. The quantitative estimate of drug-likeness (QED) is 0.797. The van der Waals surface area contributed by atoms with Gasteiger partial charge in [0.25, 0.3) is 0 Å². The average molecular weight is 253 g/mol. The summed E-state index contributed by atoms with van der Waals surface area (Å²) in [7, 11) is 0. The molecule has 18 heavy (non-hydrogen) atoms. The lowest BCUT2D eigenvalue weighted by atomic mass is 9.85. The molecule has 4 heteroatoms. The Bertz CT molecular complexity index is 270. The lowest BCUT2D eigenvalue weighted by Gasteiger charge is -2.34. The summed E-state index contributed by atoms with van der Waals surface area (Å²) in [6.07, 6.45) is 6.02. The molecule has 1 amide bonds. The van der Waals surface area contributed by atoms with Crippen molar-refractivity contribution in [1.29, 1.82) is 0 Å². The molecule has 0 bridgehead atoms. The molecule has 0 atom stereocenters. The first kappa shape index (κ1) is 13.8. The predicted molar refractivity (Wildman–Crippen MR) is 73.2 cm³/mol. The average Bonchev–Trinajstić information content (AvgIpc) is 2.31. The van der Waals surface area contributed by atoms with E-state index in [1.807, 2.05) is 4.90 Å². The van der Waals surface area contributed by atoms with Crippen LogP contribution in [0.3, 0.4) is 0 Å². The highest BCUT2D eigenvalue weighted by Crippen LogP contribution is 2.27. The summed E-state index contributed by atoms with van der Waals surface area (Å²) < 4.78 is 0. The maximum absolute atomic E-state index is 12.3. The zero-order valence-electron chi connectivity index (χ0n) is 11.6. The van der Waals surface area contributed by atoms with E-state index in [1.165, 1.54) is 19.3 Å². The van der Waals surface area contributed by atoms with Gasteiger partial charge >= 0.3 is 0 Å². The number of hydrogen-bond donors (Lipinski definition) is 1. The van der Waals surface area contributed by atoms with Crippen LogP contribution in [0, 0.1) is 5.92 Å². The van der Waals surface area contributed by atoms with Crippen molar-refractivity contribution in [2.45, 2.75) is 45.1 Å². The van der Waals surface area contributed by atoms with Gasteiger partial charge in [0.15, 0.2) is 0 Å². The van der Waals surface area contributed by atoms with Crippen LogP contribution in [-0.2, 0) is 4.79 Å². The van der Waals surface area contributed by atoms with Gasteiger partial charge < -0.3 is 10.6 Å². The molecule has 0 aromatic carbocycles. The van der Waals surface area contributed by atoms with Crippen LogP contribution < -0.4 is 5.73 Å². The highest BCUT2D eigenvalue weighted by atomic mass is 16.2. The fourth-order valence-electron chi connectivity index (χ4n) is 2.80. The molecule has 2 rings (SSSR count). The van der Waals surface area contributed by atoms with Gasteiger partial charge in [0, 0.05) is 32.2 Å². The van der Waals surface area contributed by atoms with E-state index in [0.717, 1.165) is 44.9 Å². The largest absolute Gasteiger partial charge is 0.342 e. The fraction of sp³-hybridized carbons (Fsp3) is 0.929. The lowest BCUT2D eigenvalue weighted by molar-refractivity contribution is -0.133. The maximum atomic E-state index is 12.3. The lowest BCUT2D eigenvalue weighted by Crippen LogP contribution is -2.47. The molecule has 1 saturated heterocycles. The van der Waals surface area contributed by atoms with Crippen molar-refractivity contribution in [3.63, 3.8) is 0 Å². The van der Waals surface area contributed by atoms with Crippen LogP contribution in [0.1, 0.15) is 39.0 Å². The standard InChI is InChI=1S/C14H27N3O/c1-2-17(10-12-4-3-5-12)14(18)11-16-8-6-13(15)7-9-16/h12-13H,2-11,15H2,1H3. The summed E-state index contributed by atoms with van der Waals surface area (Å²) in [6, 6.07) is 0.341. The second-order valence-electron chi connectivity index (χ2n) is 5.84. The molecule has 1 saturated carbocycles. The number of amides is 1. The number of hydrogen-bond acceptors (Lipinski definition) is 3. The first-order valence-electron chi connectivity index (χ1n) is 7.44. The van der Waals surface area contributed by atoms with Crippen molar-refractivity contribution < 1.29 is 4.79 Å². The van der Waals surface area contributed by atoms with Gasteiger partial charge in [0.1, 0.15) is 0 Å². The van der Waals surface area contributed by atoms with Crippen LogP contribution in [-0.4, -0.2) is 54.5 Å². The van der Waals surface area contributed by atoms with Gasteiger partial charge in [-0.05, 0) is 38.5 Å². The van der Waals surface area contributed by atoms with Crippen molar-refractivity contribution in [1.82, 2.24) is 9.80 Å². The van der Waals surface area contributed by atoms with Gasteiger partial charge in [0.05, 0.1) is 6.54 Å². The number of nitrogens with zero attached hydrogens (tertiary/aromatic N) is 2. The van der Waals surface area contributed by atoms with Crippen molar-refractivity contribution in [2.75, 3.05) is 32.7 Å². The summed E-state index contributed by atoms with van der Waals surface area (Å²) in [6.45, 7) is 6.46. The Labute approximate surface area is 110 Å². The molecule has 0 spiro atoms. The first-order valence-corrected chi connectivity index (χ1v) is 7.44. The van der Waals surface area contributed by atoms with E-state index < -0.39 is 0 Å². The number of likely N-dealkylation sites (tertiary alicyclic amines) is 1. The Morgan fingerprint density at radius 2 is 1.94 bits per heavy atom. The van der Waals surface area contributed by atoms with Crippen molar-refractivity contribution >= 4 is 5.91 Å². The SMILES string of the molecule is CCN(CC1CCC1)C(=O)CN1CCC(N)CC1. The smallest absolute Gasteiger partial charge is 0.236 e. The van der Waals surface area contributed by atoms with E-state index >= 15 is 0 Å². The molecular weight excluding hydrogens is 226 g/mol. The molecule has 0 radical (unpaired) electrons. The van der Waals surface area contributed by atoms with Crippen LogP contribution in [0.5, 0.6) is 0 Å². The van der Waals surface area contributed by atoms with Gasteiger partial charge in [-0.1, -0.05) is 6.42 Å². The molecule has 0 unspecified atom stereocenters. The Morgan fingerprint density at radius 3 is 2.44 bits per heavy atom. The molecule has 2 N–H and O–H groups in total. The minimum Gasteiger partial charge on any atom is -0.342 e. The fourth-order valence-corrected chi connectivity index (χ4v) is 2.80. The summed E-state index contributed by atoms with van der Waals surface area (Å²) in [4.78, 5) is 16.6. The number of rotatable bonds is 5. The van der Waals surface area contributed by atoms with Gasteiger partial charge in [-0.25, -0.2) is 0 Å². The summed E-state index contributed by atoms with van der Waals surface area (Å²) in [5.41, 5.74) is 5.88. The molecule has 104 valence electrons. The number of piperidine rings is 1. The third kappa shape index (κ3) is 3.69. The van der Waals surface area contributed by atoms with Gasteiger partial charge in [-0.3, -0.25) is 9.69 Å². The van der Waals surface area contributed by atoms with Gasteiger partial charge in [-0.15, -0.1) is 0 Å². The van der Waals surface area contributed by atoms with E-state index in [-0.39, 0.29) is 0 Å². The van der Waals surface area contributed by atoms with E-state index in [9.17, 15) is 4.79 Å². The van der Waals surface area contributed by atoms with E-state index in [1.54, 1.807) is 0 Å². The Morgan fingerprint density at radius 1 is 1.28 bits per heavy atom. The summed E-state index contributed by atoms with van der Waals surface area (Å²) in [5.74, 6) is 1.07. The third-order valence-electron chi connectivity index (χ3n) is 4.43. The number of carbonyl (C=O) groups is 1. The normalized spacial score (nSPS) is 22.8. The molecule has 2 aliphatic rings. The third-order valence-corrected chi connectivity index (χ3v) is 4.43. The zero-order chi connectivity index (χ0) is 13.0. The number of likely N-dealkylation sites (N-methyl/N-ethyl adjacent to an activating group) is 1. The molecule has 2 fully saturated rings. The topological polar surface area (TPSA) is 49.6 Å². The number of nitrogens with two attached hydrogens (primary N) is 1. The molecule has 1 aliphatic heterocycles. The molecular formula is C14H27N3O. The van der Waals surface area contributed by atoms with E-state index in [2.05, 4.69) is 11.8 Å². The van der Waals surface area contributed by atoms with Crippen molar-refractivity contribution in [3.05, 3.63) is 0 Å². The van der Waals surface area contributed by atoms with Crippen LogP contribution >= 0.6 is 0 Å². The predicted octanol–water partition coefficient (Wildman–Crippen LogP) is 1.06. The molecule has 1 aliphatic carbocycles. The molecule has 0 aromatic heterocycles. The monoisotopic (exact) mass is 253 g/mol. The maximum Gasteiger partial charge on any atom is 0.236 e. The van der Waals surface area contributed by atoms with Gasteiger partial charge in [-0.2, -0.15) is 0 Å². The molecule has 4 nitrogen and oxygen atoms in total. The van der Waals surface area contributed by atoms with Crippen LogP contribution in [0.2, 0.25) is 0 Å². The molecule has 1 heterocycles. The second-order valence-corrected chi connectivity index (χ2v) is 5.84. The highest BCUT2D eigenvalue weighted by Gasteiger charge is 2.24. The van der Waals surface area contributed by atoms with Crippen LogP contribution in [0.15, 0.2) is 0 Å².